The Labute approximate surface area is 160 Å². The first-order valence-electron chi connectivity index (χ1n) is 8.91. The number of para-hydroxylation sites is 3. The minimum absolute atomic E-state index is 0.0312. The van der Waals surface area contributed by atoms with E-state index in [1.807, 2.05) is 12.1 Å². The van der Waals surface area contributed by atoms with E-state index in [0.717, 1.165) is 15.8 Å². The second-order valence-corrected chi connectivity index (χ2v) is 6.38. The lowest BCUT2D eigenvalue weighted by molar-refractivity contribution is -0.118. The van der Waals surface area contributed by atoms with Gasteiger partial charge in [-0.15, -0.1) is 0 Å². The van der Waals surface area contributed by atoms with Gasteiger partial charge in [-0.25, -0.2) is 4.79 Å². The van der Waals surface area contributed by atoms with Gasteiger partial charge in [0.2, 0.25) is 11.8 Å². The van der Waals surface area contributed by atoms with Crippen LogP contribution in [0.2, 0.25) is 0 Å². The van der Waals surface area contributed by atoms with Gasteiger partial charge >= 0.3 is 5.69 Å². The lowest BCUT2D eigenvalue weighted by Gasteiger charge is -2.19. The second-order valence-electron chi connectivity index (χ2n) is 6.38. The van der Waals surface area contributed by atoms with Crippen LogP contribution in [0.1, 0.15) is 12.8 Å². The molecule has 0 saturated carbocycles. The summed E-state index contributed by atoms with van der Waals surface area (Å²) in [7, 11) is 0. The molecule has 3 aromatic rings. The zero-order valence-corrected chi connectivity index (χ0v) is 15.0. The third kappa shape index (κ3) is 3.41. The van der Waals surface area contributed by atoms with Gasteiger partial charge in [0.1, 0.15) is 6.54 Å². The van der Waals surface area contributed by atoms with Gasteiger partial charge in [-0.2, -0.15) is 9.36 Å². The third-order valence-electron chi connectivity index (χ3n) is 4.48. The van der Waals surface area contributed by atoms with Crippen LogP contribution in [0.4, 0.5) is 11.4 Å². The monoisotopic (exact) mass is 378 g/mol. The number of rotatable bonds is 5. The summed E-state index contributed by atoms with van der Waals surface area (Å²) in [6, 6.07) is 15.9. The number of amides is 2. The predicted octanol–water partition coefficient (Wildman–Crippen LogP) is 1.19. The van der Waals surface area contributed by atoms with Crippen molar-refractivity contribution >= 4 is 23.2 Å². The number of carbonyl (C=O) groups excluding carboxylic acids is 2. The van der Waals surface area contributed by atoms with Gasteiger partial charge in [-0.05, 0) is 41.1 Å². The van der Waals surface area contributed by atoms with E-state index in [2.05, 4.69) is 15.7 Å². The van der Waals surface area contributed by atoms with Crippen molar-refractivity contribution in [3.05, 3.63) is 65.1 Å². The Bertz CT molecular complexity index is 1070. The molecule has 1 aliphatic rings. The maximum atomic E-state index is 12.5. The van der Waals surface area contributed by atoms with Crippen molar-refractivity contribution in [2.24, 2.45) is 0 Å². The number of anilines is 2. The lowest BCUT2D eigenvalue weighted by atomic mass is 10.2. The zero-order chi connectivity index (χ0) is 19.5. The van der Waals surface area contributed by atoms with Gasteiger partial charge in [0.15, 0.2) is 0 Å². The predicted molar refractivity (Wildman–Crippen MR) is 102 cm³/mol. The van der Waals surface area contributed by atoms with E-state index in [4.69, 9.17) is 0 Å². The van der Waals surface area contributed by atoms with Crippen LogP contribution in [-0.4, -0.2) is 38.1 Å². The van der Waals surface area contributed by atoms with Crippen LogP contribution in [-0.2, 0) is 16.1 Å². The molecule has 0 aliphatic carbocycles. The molecule has 0 spiro atoms. The van der Waals surface area contributed by atoms with Crippen molar-refractivity contribution in [1.82, 2.24) is 19.8 Å². The highest BCUT2D eigenvalue weighted by atomic mass is 16.2. The molecule has 2 heterocycles. The number of hydrogen-bond donors (Lipinski definition) is 1. The van der Waals surface area contributed by atoms with Crippen molar-refractivity contribution in [1.29, 1.82) is 0 Å². The molecular weight excluding hydrogens is 360 g/mol. The Morgan fingerprint density at radius 1 is 1.00 bits per heavy atom. The minimum Gasteiger partial charge on any atom is -0.323 e. The van der Waals surface area contributed by atoms with Crippen LogP contribution < -0.4 is 15.9 Å². The van der Waals surface area contributed by atoms with Crippen molar-refractivity contribution in [3.63, 3.8) is 0 Å². The van der Waals surface area contributed by atoms with E-state index in [1.165, 1.54) is 0 Å². The van der Waals surface area contributed by atoms with Crippen LogP contribution in [0, 0.1) is 0 Å². The molecule has 2 amide bonds. The molecule has 1 aliphatic heterocycles. The highest BCUT2D eigenvalue weighted by Gasteiger charge is 2.24. The van der Waals surface area contributed by atoms with E-state index in [9.17, 15) is 14.4 Å². The summed E-state index contributed by atoms with van der Waals surface area (Å²) >= 11 is 0. The highest BCUT2D eigenvalue weighted by molar-refractivity contribution is 6.01. The quantitative estimate of drug-likeness (QED) is 0.719. The van der Waals surface area contributed by atoms with Gasteiger partial charge in [0.05, 0.1) is 17.1 Å². The van der Waals surface area contributed by atoms with E-state index in [0.29, 0.717) is 30.0 Å². The summed E-state index contributed by atoms with van der Waals surface area (Å²) in [5.74, 6) is -0.398. The number of hydrogen-bond acceptors (Lipinski definition) is 5. The van der Waals surface area contributed by atoms with E-state index in [-0.39, 0.29) is 12.5 Å². The first-order chi connectivity index (χ1) is 13.6. The summed E-state index contributed by atoms with van der Waals surface area (Å²) in [6.45, 7) is 0.338. The number of nitrogens with zero attached hydrogens (tertiary/aromatic N) is 5. The average Bonchev–Trinajstić information content (AvgIpc) is 3.29. The summed E-state index contributed by atoms with van der Waals surface area (Å²) in [5, 5.41) is 10.4. The third-order valence-corrected chi connectivity index (χ3v) is 4.48. The SMILES string of the molecule is O=C(Cn1nnn(-c2ccccc2)c1=O)Nc1ccccc1N1CCCC1=O. The van der Waals surface area contributed by atoms with Gasteiger partial charge in [-0.3, -0.25) is 9.59 Å². The molecule has 28 heavy (non-hydrogen) atoms. The Kier molecular flexibility index (Phi) is 4.71. The number of tetrazole rings is 1. The number of aromatic nitrogens is 4. The van der Waals surface area contributed by atoms with Crippen molar-refractivity contribution in [2.45, 2.75) is 19.4 Å². The molecule has 0 radical (unpaired) electrons. The second kappa shape index (κ2) is 7.47. The molecule has 1 saturated heterocycles. The maximum Gasteiger partial charge on any atom is 0.368 e. The van der Waals surface area contributed by atoms with Crippen molar-refractivity contribution in [2.75, 3.05) is 16.8 Å². The average molecular weight is 378 g/mol. The summed E-state index contributed by atoms with van der Waals surface area (Å²) in [5.41, 5.74) is 1.23. The smallest absolute Gasteiger partial charge is 0.323 e. The molecule has 0 unspecified atom stereocenters. The van der Waals surface area contributed by atoms with Gasteiger partial charge < -0.3 is 10.2 Å². The molecule has 1 fully saturated rings. The fourth-order valence-corrected chi connectivity index (χ4v) is 3.15. The molecule has 0 bridgehead atoms. The topological polar surface area (TPSA) is 102 Å². The van der Waals surface area contributed by atoms with E-state index < -0.39 is 11.6 Å². The number of benzene rings is 2. The zero-order valence-electron chi connectivity index (χ0n) is 15.0. The Morgan fingerprint density at radius 2 is 1.75 bits per heavy atom. The molecule has 4 rings (SSSR count). The van der Waals surface area contributed by atoms with Crippen molar-refractivity contribution < 1.29 is 9.59 Å². The van der Waals surface area contributed by atoms with Gasteiger partial charge in [0.25, 0.3) is 0 Å². The molecule has 2 aromatic carbocycles. The summed E-state index contributed by atoms with van der Waals surface area (Å²) in [6.07, 6.45) is 1.29. The largest absolute Gasteiger partial charge is 0.368 e. The van der Waals surface area contributed by atoms with Crippen LogP contribution in [0.3, 0.4) is 0 Å². The van der Waals surface area contributed by atoms with Crippen LogP contribution in [0.15, 0.2) is 59.4 Å². The van der Waals surface area contributed by atoms with E-state index in [1.54, 1.807) is 47.4 Å². The highest BCUT2D eigenvalue weighted by Crippen LogP contribution is 2.29. The fraction of sp³-hybridized carbons (Fsp3) is 0.211. The minimum atomic E-state index is -0.510. The maximum absolute atomic E-state index is 12.5. The number of carbonyl (C=O) groups is 2. The summed E-state index contributed by atoms with van der Waals surface area (Å²) in [4.78, 5) is 38.6. The number of nitrogens with one attached hydrogen (secondary N) is 1. The van der Waals surface area contributed by atoms with Crippen LogP contribution >= 0.6 is 0 Å². The Hall–Kier alpha value is -3.75. The normalized spacial score (nSPS) is 13.7. The van der Waals surface area contributed by atoms with Crippen LogP contribution in [0.25, 0.3) is 5.69 Å². The fourth-order valence-electron chi connectivity index (χ4n) is 3.15. The molecule has 1 aromatic heterocycles. The first kappa shape index (κ1) is 17.7. The van der Waals surface area contributed by atoms with E-state index >= 15 is 0 Å². The molecule has 1 N–H and O–H groups in total. The lowest BCUT2D eigenvalue weighted by Crippen LogP contribution is -2.30. The van der Waals surface area contributed by atoms with Crippen LogP contribution in [0.5, 0.6) is 0 Å². The first-order valence-corrected chi connectivity index (χ1v) is 8.91. The Morgan fingerprint density at radius 3 is 2.50 bits per heavy atom. The molecule has 142 valence electrons. The van der Waals surface area contributed by atoms with Crippen molar-refractivity contribution in [3.8, 4) is 5.69 Å². The molecular formula is C19H18N6O3. The van der Waals surface area contributed by atoms with Gasteiger partial charge in [-0.1, -0.05) is 30.3 Å². The van der Waals surface area contributed by atoms with Gasteiger partial charge in [0, 0.05) is 13.0 Å². The molecule has 0 atom stereocenters. The molecule has 9 nitrogen and oxygen atoms in total. The standard InChI is InChI=1S/C19H18N6O3/c26-17(13-24-19(28)25(22-21-24)14-7-2-1-3-8-14)20-15-9-4-5-10-16(15)23-12-6-11-18(23)27/h1-5,7-10H,6,11-13H2,(H,20,26). The molecule has 9 heteroatoms. The Balaban J connectivity index is 1.51. The summed E-state index contributed by atoms with van der Waals surface area (Å²) < 4.78 is 2.12.